The van der Waals surface area contributed by atoms with Crippen molar-refractivity contribution in [2.24, 2.45) is 10.7 Å². The van der Waals surface area contributed by atoms with Crippen molar-refractivity contribution < 1.29 is 14.3 Å². The molecule has 31 heavy (non-hydrogen) atoms. The predicted molar refractivity (Wildman–Crippen MR) is 135 cm³/mol. The van der Waals surface area contributed by atoms with Crippen molar-refractivity contribution in [1.29, 1.82) is 0 Å². The van der Waals surface area contributed by atoms with E-state index in [1.807, 2.05) is 48.2 Å². The SMILES string of the molecule is COc1cc2c(cc1OC)CN(C(=O)CCCN=C(N)Nc1cccc(C)c1)CC2.I. The minimum Gasteiger partial charge on any atom is -0.493 e. The summed E-state index contributed by atoms with van der Waals surface area (Å²) in [6.07, 6.45) is 1.92. The molecule has 0 fully saturated rings. The molecule has 0 saturated heterocycles. The maximum atomic E-state index is 12.6. The van der Waals surface area contributed by atoms with Gasteiger partial charge < -0.3 is 25.4 Å². The summed E-state index contributed by atoms with van der Waals surface area (Å²) in [6.45, 7) is 3.83. The van der Waals surface area contributed by atoms with Crippen LogP contribution in [0, 0.1) is 6.92 Å². The van der Waals surface area contributed by atoms with Crippen LogP contribution in [0.3, 0.4) is 0 Å². The first-order valence-corrected chi connectivity index (χ1v) is 10.2. The first-order valence-electron chi connectivity index (χ1n) is 10.2. The Balaban J connectivity index is 0.00000341. The van der Waals surface area contributed by atoms with Crippen LogP contribution in [0.15, 0.2) is 41.4 Å². The highest BCUT2D eigenvalue weighted by Gasteiger charge is 2.22. The van der Waals surface area contributed by atoms with Crippen molar-refractivity contribution in [3.05, 3.63) is 53.1 Å². The third-order valence-electron chi connectivity index (χ3n) is 5.19. The predicted octanol–water partition coefficient (Wildman–Crippen LogP) is 3.72. The Labute approximate surface area is 201 Å². The summed E-state index contributed by atoms with van der Waals surface area (Å²) in [7, 11) is 3.25. The zero-order valence-corrected chi connectivity index (χ0v) is 20.6. The van der Waals surface area contributed by atoms with E-state index < -0.39 is 0 Å². The fourth-order valence-electron chi connectivity index (χ4n) is 3.59. The Morgan fingerprint density at radius 3 is 2.55 bits per heavy atom. The second-order valence-corrected chi connectivity index (χ2v) is 7.41. The van der Waals surface area contributed by atoms with E-state index in [4.69, 9.17) is 15.2 Å². The fourth-order valence-corrected chi connectivity index (χ4v) is 3.59. The van der Waals surface area contributed by atoms with Crippen molar-refractivity contribution in [2.75, 3.05) is 32.6 Å². The van der Waals surface area contributed by atoms with E-state index in [9.17, 15) is 4.79 Å². The van der Waals surface area contributed by atoms with Gasteiger partial charge in [-0.15, -0.1) is 24.0 Å². The van der Waals surface area contributed by atoms with Gasteiger partial charge in [0.15, 0.2) is 17.5 Å². The number of halogens is 1. The molecular weight excluding hydrogens is 507 g/mol. The van der Waals surface area contributed by atoms with Gasteiger partial charge in [-0.3, -0.25) is 9.79 Å². The van der Waals surface area contributed by atoms with Crippen molar-refractivity contribution in [2.45, 2.75) is 32.7 Å². The first-order chi connectivity index (χ1) is 14.5. The van der Waals surface area contributed by atoms with E-state index in [0.29, 0.717) is 44.2 Å². The summed E-state index contributed by atoms with van der Waals surface area (Å²) in [5.41, 5.74) is 10.3. The molecule has 1 heterocycles. The third kappa shape index (κ3) is 6.75. The molecule has 1 aliphatic heterocycles. The molecule has 0 spiro atoms. The highest BCUT2D eigenvalue weighted by molar-refractivity contribution is 14.0. The number of aliphatic imine (C=N–C) groups is 1. The number of benzene rings is 2. The lowest BCUT2D eigenvalue weighted by atomic mass is 9.98. The number of hydrogen-bond donors (Lipinski definition) is 2. The van der Waals surface area contributed by atoms with Gasteiger partial charge >= 0.3 is 0 Å². The van der Waals surface area contributed by atoms with E-state index >= 15 is 0 Å². The molecule has 0 radical (unpaired) electrons. The van der Waals surface area contributed by atoms with Crippen molar-refractivity contribution in [3.63, 3.8) is 0 Å². The number of guanidine groups is 1. The summed E-state index contributed by atoms with van der Waals surface area (Å²) < 4.78 is 10.8. The summed E-state index contributed by atoms with van der Waals surface area (Å²) >= 11 is 0. The molecule has 0 saturated carbocycles. The number of nitrogens with zero attached hydrogens (tertiary/aromatic N) is 2. The molecule has 0 unspecified atom stereocenters. The molecule has 3 rings (SSSR count). The molecule has 168 valence electrons. The zero-order valence-electron chi connectivity index (χ0n) is 18.3. The minimum absolute atomic E-state index is 0. The van der Waals surface area contributed by atoms with Crippen LogP contribution in [0.25, 0.3) is 0 Å². The number of nitrogens with one attached hydrogen (secondary N) is 1. The largest absolute Gasteiger partial charge is 0.493 e. The second kappa shape index (κ2) is 11.8. The molecule has 1 aliphatic rings. The molecule has 7 nitrogen and oxygen atoms in total. The van der Waals surface area contributed by atoms with Gasteiger partial charge in [0.05, 0.1) is 14.2 Å². The molecule has 1 amide bonds. The summed E-state index contributed by atoms with van der Waals surface area (Å²) in [5, 5.41) is 3.08. The highest BCUT2D eigenvalue weighted by Crippen LogP contribution is 2.33. The van der Waals surface area contributed by atoms with E-state index in [1.54, 1.807) is 14.2 Å². The Morgan fingerprint density at radius 1 is 1.16 bits per heavy atom. The standard InChI is InChI=1S/C23H30N4O3.HI/c1-16-6-4-7-19(12-16)26-23(24)25-10-5-8-22(28)27-11-9-17-13-20(29-2)21(30-3)14-18(17)15-27;/h4,6-7,12-14H,5,8-11,15H2,1-3H3,(H3,24,25,26);1H. The Bertz CT molecular complexity index is 933. The highest BCUT2D eigenvalue weighted by atomic mass is 127. The quantitative estimate of drug-likeness (QED) is 0.243. The molecule has 0 atom stereocenters. The van der Waals surface area contributed by atoms with Crippen LogP contribution in [0.4, 0.5) is 5.69 Å². The van der Waals surface area contributed by atoms with Gasteiger partial charge in [-0.25, -0.2) is 0 Å². The van der Waals surface area contributed by atoms with Crippen LogP contribution in [0.1, 0.15) is 29.5 Å². The molecular formula is C23H31IN4O3. The van der Waals surface area contributed by atoms with Crippen LogP contribution in [0.2, 0.25) is 0 Å². The molecule has 0 bridgehead atoms. The molecule has 8 heteroatoms. The van der Waals surface area contributed by atoms with Gasteiger partial charge in [0.25, 0.3) is 0 Å². The molecule has 3 N–H and O–H groups in total. The number of nitrogens with two attached hydrogens (primary N) is 1. The van der Waals surface area contributed by atoms with Crippen LogP contribution in [-0.2, 0) is 17.8 Å². The summed E-state index contributed by atoms with van der Waals surface area (Å²) in [5.74, 6) is 1.92. The number of carbonyl (C=O) groups excluding carboxylic acids is 1. The summed E-state index contributed by atoms with van der Waals surface area (Å²) in [6, 6.07) is 11.9. The number of methoxy groups -OCH3 is 2. The van der Waals surface area contributed by atoms with Gasteiger partial charge in [-0.1, -0.05) is 12.1 Å². The zero-order chi connectivity index (χ0) is 21.5. The molecule has 2 aromatic carbocycles. The van der Waals surface area contributed by atoms with Gasteiger partial charge in [-0.05, 0) is 60.7 Å². The average molecular weight is 538 g/mol. The van der Waals surface area contributed by atoms with Crippen LogP contribution < -0.4 is 20.5 Å². The maximum absolute atomic E-state index is 12.6. The fraction of sp³-hybridized carbons (Fsp3) is 0.391. The Hall–Kier alpha value is -2.49. The van der Waals surface area contributed by atoms with Crippen LogP contribution in [-0.4, -0.2) is 44.1 Å². The van der Waals surface area contributed by atoms with E-state index in [2.05, 4.69) is 10.3 Å². The average Bonchev–Trinajstić information content (AvgIpc) is 2.75. The minimum atomic E-state index is 0. The number of carbonyl (C=O) groups is 1. The molecule has 0 aliphatic carbocycles. The van der Waals surface area contributed by atoms with Gasteiger partial charge in [-0.2, -0.15) is 0 Å². The van der Waals surface area contributed by atoms with Crippen LogP contribution in [0.5, 0.6) is 11.5 Å². The Morgan fingerprint density at radius 2 is 1.87 bits per heavy atom. The Kier molecular flexibility index (Phi) is 9.42. The number of ether oxygens (including phenoxy) is 2. The van der Waals surface area contributed by atoms with Gasteiger partial charge in [0.2, 0.25) is 5.91 Å². The monoisotopic (exact) mass is 538 g/mol. The lowest BCUT2D eigenvalue weighted by Crippen LogP contribution is -2.36. The number of anilines is 1. The van der Waals surface area contributed by atoms with Crippen LogP contribution >= 0.6 is 24.0 Å². The maximum Gasteiger partial charge on any atom is 0.222 e. The van der Waals surface area contributed by atoms with Crippen molar-refractivity contribution in [3.8, 4) is 11.5 Å². The second-order valence-electron chi connectivity index (χ2n) is 7.41. The van der Waals surface area contributed by atoms with E-state index in [-0.39, 0.29) is 29.9 Å². The molecule has 2 aromatic rings. The third-order valence-corrected chi connectivity index (χ3v) is 5.19. The summed E-state index contributed by atoms with van der Waals surface area (Å²) in [4.78, 5) is 18.9. The van der Waals surface area contributed by atoms with E-state index in [1.165, 1.54) is 5.56 Å². The first kappa shape index (κ1) is 24.8. The molecule has 0 aromatic heterocycles. The van der Waals surface area contributed by atoms with Crippen molar-refractivity contribution in [1.82, 2.24) is 4.90 Å². The van der Waals surface area contributed by atoms with Gasteiger partial charge in [0.1, 0.15) is 0 Å². The lowest BCUT2D eigenvalue weighted by Gasteiger charge is -2.29. The lowest BCUT2D eigenvalue weighted by molar-refractivity contribution is -0.132. The number of fused-ring (bicyclic) bond motifs is 1. The van der Waals surface area contributed by atoms with E-state index in [0.717, 1.165) is 29.0 Å². The number of rotatable bonds is 7. The topological polar surface area (TPSA) is 89.2 Å². The number of amides is 1. The normalized spacial score (nSPS) is 13.1. The van der Waals surface area contributed by atoms with Gasteiger partial charge in [0, 0.05) is 31.7 Å². The van der Waals surface area contributed by atoms with Crippen molar-refractivity contribution >= 4 is 41.5 Å². The number of hydrogen-bond acceptors (Lipinski definition) is 4. The smallest absolute Gasteiger partial charge is 0.222 e. The number of aryl methyl sites for hydroxylation is 1.